The summed E-state index contributed by atoms with van der Waals surface area (Å²) in [6.07, 6.45) is 4.12. The smallest absolute Gasteiger partial charge is 0.318 e. The summed E-state index contributed by atoms with van der Waals surface area (Å²) in [6, 6.07) is 24.3. The van der Waals surface area contributed by atoms with Gasteiger partial charge in [0.1, 0.15) is 6.04 Å². The number of thiophene rings is 1. The molecule has 0 spiro atoms. The van der Waals surface area contributed by atoms with E-state index in [1.807, 2.05) is 53.6 Å². The van der Waals surface area contributed by atoms with E-state index in [-0.39, 0.29) is 12.1 Å². The third kappa shape index (κ3) is 3.42. The molecule has 0 saturated carbocycles. The average molecular weight is 432 g/mol. The van der Waals surface area contributed by atoms with E-state index in [2.05, 4.69) is 51.8 Å². The molecule has 3 heterocycles. The molecule has 0 saturated heterocycles. The van der Waals surface area contributed by atoms with Crippen LogP contribution in [0.25, 0.3) is 5.69 Å². The number of amides is 2. The number of fused-ring (bicyclic) bond motifs is 3. The van der Waals surface area contributed by atoms with Crippen molar-refractivity contribution in [3.8, 4) is 5.69 Å². The number of anilines is 1. The summed E-state index contributed by atoms with van der Waals surface area (Å²) in [6.45, 7) is 0.536. The second kappa shape index (κ2) is 8.05. The highest BCUT2D eigenvalue weighted by molar-refractivity contribution is 7.98. The molecule has 2 amide bonds. The standard InChI is InChI=1S/C24H21N3OS2/c1-29-19-9-4-8-18(15-19)25-24(28)27-16-17-7-2-3-10-20(17)26-13-5-11-21(26)23(27)22-12-6-14-30-22/h2-15,23H,16H2,1H3,(H,25,28)/t23-/m0/s1. The number of para-hydroxylation sites is 1. The van der Waals surface area contributed by atoms with Crippen LogP contribution in [0.5, 0.6) is 0 Å². The molecule has 0 unspecified atom stereocenters. The molecule has 2 aromatic carbocycles. The van der Waals surface area contributed by atoms with Crippen LogP contribution in [-0.2, 0) is 6.54 Å². The maximum absolute atomic E-state index is 13.6. The summed E-state index contributed by atoms with van der Waals surface area (Å²) >= 11 is 3.34. The Hall–Kier alpha value is -2.96. The molecular formula is C24H21N3OS2. The van der Waals surface area contributed by atoms with Gasteiger partial charge in [0.25, 0.3) is 0 Å². The lowest BCUT2D eigenvalue weighted by atomic mass is 10.1. The summed E-state index contributed by atoms with van der Waals surface area (Å²) in [5.41, 5.74) is 4.15. The molecule has 150 valence electrons. The van der Waals surface area contributed by atoms with Crippen LogP contribution in [0.1, 0.15) is 22.2 Å². The molecule has 30 heavy (non-hydrogen) atoms. The number of hydrogen-bond donors (Lipinski definition) is 1. The number of urea groups is 1. The molecular weight excluding hydrogens is 410 g/mol. The molecule has 1 aliphatic rings. The van der Waals surface area contributed by atoms with Crippen molar-refractivity contribution in [3.05, 3.63) is 101 Å². The molecule has 0 aliphatic carbocycles. The molecule has 0 radical (unpaired) electrons. The molecule has 1 atom stereocenters. The van der Waals surface area contributed by atoms with Gasteiger partial charge in [0.05, 0.1) is 17.9 Å². The zero-order chi connectivity index (χ0) is 20.5. The van der Waals surface area contributed by atoms with Crippen LogP contribution in [0, 0.1) is 0 Å². The Morgan fingerprint density at radius 1 is 1.07 bits per heavy atom. The van der Waals surface area contributed by atoms with E-state index in [1.165, 1.54) is 0 Å². The van der Waals surface area contributed by atoms with E-state index in [9.17, 15) is 4.79 Å². The zero-order valence-electron chi connectivity index (χ0n) is 16.5. The summed E-state index contributed by atoms with van der Waals surface area (Å²) in [7, 11) is 0. The Balaban J connectivity index is 1.59. The molecule has 4 nitrogen and oxygen atoms in total. The SMILES string of the molecule is CSc1cccc(NC(=O)N2Cc3ccccc3-n3cccc3[C@H]2c2cccs2)c1. The van der Waals surface area contributed by atoms with Gasteiger partial charge in [-0.15, -0.1) is 23.1 Å². The van der Waals surface area contributed by atoms with Gasteiger partial charge < -0.3 is 14.8 Å². The fourth-order valence-electron chi connectivity index (χ4n) is 3.98. The molecule has 0 bridgehead atoms. The monoisotopic (exact) mass is 431 g/mol. The van der Waals surface area contributed by atoms with Crippen molar-refractivity contribution in [3.63, 3.8) is 0 Å². The fourth-order valence-corrected chi connectivity index (χ4v) is 5.29. The number of hydrogen-bond acceptors (Lipinski definition) is 3. The van der Waals surface area contributed by atoms with Gasteiger partial charge in [-0.1, -0.05) is 30.3 Å². The molecule has 5 rings (SSSR count). The predicted molar refractivity (Wildman–Crippen MR) is 125 cm³/mol. The van der Waals surface area contributed by atoms with Gasteiger partial charge in [-0.2, -0.15) is 0 Å². The van der Waals surface area contributed by atoms with E-state index >= 15 is 0 Å². The Kier molecular flexibility index (Phi) is 5.11. The van der Waals surface area contributed by atoms with Crippen LogP contribution >= 0.6 is 23.1 Å². The summed E-state index contributed by atoms with van der Waals surface area (Å²) in [4.78, 5) is 17.8. The van der Waals surface area contributed by atoms with Gasteiger partial charge in [0, 0.05) is 21.7 Å². The van der Waals surface area contributed by atoms with Crippen LogP contribution in [0.2, 0.25) is 0 Å². The Morgan fingerprint density at radius 3 is 2.80 bits per heavy atom. The van der Waals surface area contributed by atoms with Crippen LogP contribution in [0.15, 0.2) is 89.3 Å². The topological polar surface area (TPSA) is 37.3 Å². The van der Waals surface area contributed by atoms with Crippen molar-refractivity contribution in [1.82, 2.24) is 9.47 Å². The van der Waals surface area contributed by atoms with E-state index in [1.54, 1.807) is 23.1 Å². The summed E-state index contributed by atoms with van der Waals surface area (Å²) in [5.74, 6) is 0. The quantitative estimate of drug-likeness (QED) is 0.381. The second-order valence-corrected chi connectivity index (χ2v) is 9.00. The lowest BCUT2D eigenvalue weighted by molar-refractivity contribution is 0.195. The van der Waals surface area contributed by atoms with Crippen LogP contribution in [-0.4, -0.2) is 21.8 Å². The average Bonchev–Trinajstić information content (AvgIpc) is 3.45. The minimum Gasteiger partial charge on any atom is -0.318 e. The molecule has 2 aromatic heterocycles. The zero-order valence-corrected chi connectivity index (χ0v) is 18.1. The highest BCUT2D eigenvalue weighted by Crippen LogP contribution is 2.38. The van der Waals surface area contributed by atoms with Crippen LogP contribution < -0.4 is 5.32 Å². The molecule has 4 aromatic rings. The van der Waals surface area contributed by atoms with Crippen molar-refractivity contribution < 1.29 is 4.79 Å². The lowest BCUT2D eigenvalue weighted by Crippen LogP contribution is -2.37. The van der Waals surface area contributed by atoms with Crippen molar-refractivity contribution in [2.24, 2.45) is 0 Å². The van der Waals surface area contributed by atoms with Gasteiger partial charge in [-0.3, -0.25) is 0 Å². The third-order valence-electron chi connectivity index (χ3n) is 5.36. The van der Waals surface area contributed by atoms with Gasteiger partial charge in [-0.25, -0.2) is 4.79 Å². The normalized spacial score (nSPS) is 15.2. The van der Waals surface area contributed by atoms with Gasteiger partial charge in [0.2, 0.25) is 0 Å². The minimum atomic E-state index is -0.156. The molecule has 0 fully saturated rings. The van der Waals surface area contributed by atoms with Crippen molar-refractivity contribution >= 4 is 34.8 Å². The molecule has 6 heteroatoms. The summed E-state index contributed by atoms with van der Waals surface area (Å²) < 4.78 is 2.21. The highest BCUT2D eigenvalue weighted by atomic mass is 32.2. The van der Waals surface area contributed by atoms with E-state index in [4.69, 9.17) is 0 Å². The van der Waals surface area contributed by atoms with Crippen molar-refractivity contribution in [2.75, 3.05) is 11.6 Å². The first-order valence-corrected chi connectivity index (χ1v) is 11.9. The number of rotatable bonds is 3. The van der Waals surface area contributed by atoms with Crippen LogP contribution in [0.4, 0.5) is 10.5 Å². The van der Waals surface area contributed by atoms with Gasteiger partial charge in [-0.05, 0) is 59.7 Å². The number of thioether (sulfide) groups is 1. The first-order chi connectivity index (χ1) is 14.7. The van der Waals surface area contributed by atoms with Gasteiger partial charge >= 0.3 is 6.03 Å². The Morgan fingerprint density at radius 2 is 1.97 bits per heavy atom. The number of carbonyl (C=O) groups is 1. The maximum Gasteiger partial charge on any atom is 0.323 e. The van der Waals surface area contributed by atoms with Crippen molar-refractivity contribution in [2.45, 2.75) is 17.5 Å². The highest BCUT2D eigenvalue weighted by Gasteiger charge is 2.33. The third-order valence-corrected chi connectivity index (χ3v) is 7.01. The molecule has 1 N–H and O–H groups in total. The van der Waals surface area contributed by atoms with Gasteiger partial charge in [0.15, 0.2) is 0 Å². The van der Waals surface area contributed by atoms with E-state index < -0.39 is 0 Å². The molecule has 1 aliphatic heterocycles. The number of benzene rings is 2. The second-order valence-electron chi connectivity index (χ2n) is 7.14. The van der Waals surface area contributed by atoms with E-state index in [0.29, 0.717) is 6.54 Å². The lowest BCUT2D eigenvalue weighted by Gasteiger charge is -2.30. The maximum atomic E-state index is 13.6. The predicted octanol–water partition coefficient (Wildman–Crippen LogP) is 6.40. The number of carbonyl (C=O) groups excluding carboxylic acids is 1. The Labute approximate surface area is 184 Å². The van der Waals surface area contributed by atoms with E-state index in [0.717, 1.165) is 32.4 Å². The first-order valence-electron chi connectivity index (χ1n) is 9.75. The number of aromatic nitrogens is 1. The summed E-state index contributed by atoms with van der Waals surface area (Å²) in [5, 5.41) is 5.20. The number of nitrogens with one attached hydrogen (secondary N) is 1. The Bertz CT molecular complexity index is 1180. The largest absolute Gasteiger partial charge is 0.323 e. The van der Waals surface area contributed by atoms with Crippen LogP contribution in [0.3, 0.4) is 0 Å². The minimum absolute atomic E-state index is 0.101. The fraction of sp³-hybridized carbons (Fsp3) is 0.125. The van der Waals surface area contributed by atoms with Crippen molar-refractivity contribution in [1.29, 1.82) is 0 Å². The number of nitrogens with zero attached hydrogens (tertiary/aromatic N) is 2. The first kappa shape index (κ1) is 19.0.